The van der Waals surface area contributed by atoms with Gasteiger partial charge in [0, 0.05) is 31.3 Å². The molecule has 1 saturated heterocycles. The van der Waals surface area contributed by atoms with Crippen molar-refractivity contribution in [2.24, 2.45) is 17.8 Å². The van der Waals surface area contributed by atoms with Crippen molar-refractivity contribution in [3.63, 3.8) is 0 Å². The number of rotatable bonds is 6. The van der Waals surface area contributed by atoms with Crippen LogP contribution in [0.4, 0.5) is 13.2 Å². The highest BCUT2D eigenvalue weighted by Crippen LogP contribution is 2.54. The molecule has 0 amide bonds. The zero-order chi connectivity index (χ0) is 20.0. The topological polar surface area (TPSA) is 28.3 Å². The minimum absolute atomic E-state index is 0.159. The SMILES string of the molecule is FC(F)(F)Oc1cccc([CH]CC2C3CN(Cc4ccc5[nH]ccc5c4)CC23)c1. The van der Waals surface area contributed by atoms with Crippen LogP contribution < -0.4 is 4.74 Å². The molecule has 2 fully saturated rings. The van der Waals surface area contributed by atoms with Crippen LogP contribution in [0.5, 0.6) is 5.75 Å². The third kappa shape index (κ3) is 4.13. The van der Waals surface area contributed by atoms with Gasteiger partial charge in [-0.3, -0.25) is 4.90 Å². The van der Waals surface area contributed by atoms with Crippen molar-refractivity contribution in [3.8, 4) is 5.75 Å². The third-order valence-electron chi connectivity index (χ3n) is 6.19. The zero-order valence-electron chi connectivity index (χ0n) is 15.8. The summed E-state index contributed by atoms with van der Waals surface area (Å²) in [6.07, 6.45) is 0.261. The van der Waals surface area contributed by atoms with Gasteiger partial charge in [-0.05, 0) is 77.4 Å². The number of piperidine rings is 1. The number of fused-ring (bicyclic) bond motifs is 2. The second-order valence-corrected chi connectivity index (χ2v) is 8.15. The van der Waals surface area contributed by atoms with Crippen molar-refractivity contribution >= 4 is 10.9 Å². The van der Waals surface area contributed by atoms with Gasteiger partial charge in [-0.25, -0.2) is 0 Å². The van der Waals surface area contributed by atoms with E-state index in [1.807, 2.05) is 18.7 Å². The first-order valence-electron chi connectivity index (χ1n) is 9.92. The van der Waals surface area contributed by atoms with Gasteiger partial charge in [0.15, 0.2) is 0 Å². The summed E-state index contributed by atoms with van der Waals surface area (Å²) in [7, 11) is 0. The molecule has 1 radical (unpaired) electrons. The Bertz CT molecular complexity index is 1000. The Balaban J connectivity index is 1.11. The van der Waals surface area contributed by atoms with Crippen molar-refractivity contribution in [2.75, 3.05) is 13.1 Å². The Morgan fingerprint density at radius 2 is 1.90 bits per heavy atom. The predicted octanol–water partition coefficient (Wildman–Crippen LogP) is 5.39. The highest BCUT2D eigenvalue weighted by atomic mass is 19.4. The Kier molecular flexibility index (Phi) is 4.54. The lowest BCUT2D eigenvalue weighted by atomic mass is 10.0. The molecule has 1 saturated carbocycles. The van der Waals surface area contributed by atoms with E-state index in [9.17, 15) is 13.2 Å². The van der Waals surface area contributed by atoms with Gasteiger partial charge in [0.1, 0.15) is 5.75 Å². The van der Waals surface area contributed by atoms with Crippen LogP contribution in [0.1, 0.15) is 17.5 Å². The maximum Gasteiger partial charge on any atom is 0.573 e. The van der Waals surface area contributed by atoms with Crippen LogP contribution in [0.3, 0.4) is 0 Å². The van der Waals surface area contributed by atoms with Gasteiger partial charge in [0.2, 0.25) is 0 Å². The van der Waals surface area contributed by atoms with Gasteiger partial charge in [-0.15, -0.1) is 13.2 Å². The molecular weight excluding hydrogens is 377 g/mol. The third-order valence-corrected chi connectivity index (χ3v) is 6.19. The average molecular weight is 399 g/mol. The summed E-state index contributed by atoms with van der Waals surface area (Å²) in [6.45, 7) is 3.18. The molecule has 0 bridgehead atoms. The smallest absolute Gasteiger partial charge is 0.406 e. The monoisotopic (exact) mass is 399 g/mol. The van der Waals surface area contributed by atoms with Crippen LogP contribution in [0.15, 0.2) is 54.7 Å². The number of H-pyrrole nitrogens is 1. The minimum atomic E-state index is -4.65. The molecule has 3 nitrogen and oxygen atoms in total. The second kappa shape index (κ2) is 7.10. The lowest BCUT2D eigenvalue weighted by Crippen LogP contribution is -2.24. The lowest BCUT2D eigenvalue weighted by molar-refractivity contribution is -0.274. The molecule has 0 spiro atoms. The van der Waals surface area contributed by atoms with Crippen molar-refractivity contribution < 1.29 is 17.9 Å². The second-order valence-electron chi connectivity index (χ2n) is 8.15. The number of aromatic nitrogens is 1. The molecule has 2 heterocycles. The molecule has 1 aromatic heterocycles. The Labute approximate surface area is 167 Å². The van der Waals surface area contributed by atoms with Gasteiger partial charge in [-0.1, -0.05) is 18.2 Å². The molecule has 1 N–H and O–H groups in total. The van der Waals surface area contributed by atoms with E-state index >= 15 is 0 Å². The molecule has 29 heavy (non-hydrogen) atoms. The Morgan fingerprint density at radius 3 is 2.69 bits per heavy atom. The number of aromatic amines is 1. The van der Waals surface area contributed by atoms with E-state index in [1.165, 1.54) is 28.6 Å². The Hall–Kier alpha value is -2.47. The summed E-state index contributed by atoms with van der Waals surface area (Å²) in [5.41, 5.74) is 3.29. The van der Waals surface area contributed by atoms with Crippen LogP contribution in [-0.4, -0.2) is 29.3 Å². The fraction of sp³-hybridized carbons (Fsp3) is 0.348. The van der Waals surface area contributed by atoms with E-state index in [0.29, 0.717) is 17.8 Å². The average Bonchev–Trinajstić information content (AvgIpc) is 3.01. The van der Waals surface area contributed by atoms with E-state index in [4.69, 9.17) is 0 Å². The van der Waals surface area contributed by atoms with E-state index < -0.39 is 6.36 Å². The van der Waals surface area contributed by atoms with Gasteiger partial charge in [-0.2, -0.15) is 0 Å². The van der Waals surface area contributed by atoms with E-state index in [0.717, 1.165) is 31.6 Å². The Morgan fingerprint density at radius 1 is 1.07 bits per heavy atom. The maximum atomic E-state index is 12.4. The summed E-state index contributed by atoms with van der Waals surface area (Å²) in [5.74, 6) is 1.90. The van der Waals surface area contributed by atoms with Crippen LogP contribution in [0.25, 0.3) is 10.9 Å². The van der Waals surface area contributed by atoms with E-state index in [1.54, 1.807) is 6.07 Å². The van der Waals surface area contributed by atoms with Crippen LogP contribution in [0, 0.1) is 24.2 Å². The van der Waals surface area contributed by atoms with Gasteiger partial charge in [0.05, 0.1) is 0 Å². The number of alkyl halides is 3. The minimum Gasteiger partial charge on any atom is -0.406 e. The normalized spacial score (nSPS) is 24.0. The predicted molar refractivity (Wildman–Crippen MR) is 105 cm³/mol. The molecule has 1 aliphatic carbocycles. The molecular formula is C23H22F3N2O. The number of benzene rings is 2. The van der Waals surface area contributed by atoms with Crippen molar-refractivity contribution in [2.45, 2.75) is 19.3 Å². The van der Waals surface area contributed by atoms with Crippen LogP contribution in [-0.2, 0) is 6.54 Å². The van der Waals surface area contributed by atoms with E-state index in [-0.39, 0.29) is 5.75 Å². The fourth-order valence-electron chi connectivity index (χ4n) is 4.79. The molecule has 151 valence electrons. The molecule has 3 aromatic rings. The van der Waals surface area contributed by atoms with Gasteiger partial charge in [0.25, 0.3) is 0 Å². The highest BCUT2D eigenvalue weighted by Gasteiger charge is 2.54. The number of nitrogens with zero attached hydrogens (tertiary/aromatic N) is 1. The number of halogens is 3. The molecule has 2 unspecified atom stereocenters. The zero-order valence-corrected chi connectivity index (χ0v) is 15.8. The maximum absolute atomic E-state index is 12.4. The number of likely N-dealkylation sites (tertiary alicyclic amines) is 1. The van der Waals surface area contributed by atoms with Crippen molar-refractivity contribution in [1.29, 1.82) is 0 Å². The molecule has 6 heteroatoms. The molecule has 1 aliphatic heterocycles. The molecule has 2 aliphatic rings. The summed E-state index contributed by atoms with van der Waals surface area (Å²) >= 11 is 0. The van der Waals surface area contributed by atoms with Crippen LogP contribution in [0.2, 0.25) is 0 Å². The van der Waals surface area contributed by atoms with Gasteiger partial charge >= 0.3 is 6.36 Å². The first kappa shape index (κ1) is 18.6. The van der Waals surface area contributed by atoms with Gasteiger partial charge < -0.3 is 9.72 Å². The number of hydrogen-bond acceptors (Lipinski definition) is 2. The first-order chi connectivity index (χ1) is 13.9. The fourth-order valence-corrected chi connectivity index (χ4v) is 4.79. The van der Waals surface area contributed by atoms with Crippen molar-refractivity contribution in [3.05, 3.63) is 72.3 Å². The highest BCUT2D eigenvalue weighted by molar-refractivity contribution is 5.79. The first-order valence-corrected chi connectivity index (χ1v) is 9.92. The summed E-state index contributed by atoms with van der Waals surface area (Å²) in [5, 5.41) is 1.25. The number of nitrogens with one attached hydrogen (secondary N) is 1. The van der Waals surface area contributed by atoms with Crippen molar-refractivity contribution in [1.82, 2.24) is 9.88 Å². The number of ether oxygens (including phenoxy) is 1. The van der Waals surface area contributed by atoms with E-state index in [2.05, 4.69) is 38.9 Å². The lowest BCUT2D eigenvalue weighted by Gasteiger charge is -2.19. The number of hydrogen-bond donors (Lipinski definition) is 1. The quantitative estimate of drug-likeness (QED) is 0.602. The summed E-state index contributed by atoms with van der Waals surface area (Å²) in [4.78, 5) is 5.73. The molecule has 5 rings (SSSR count). The largest absolute Gasteiger partial charge is 0.573 e. The standard InChI is InChI=1S/C23H22F3N2O/c24-23(25,26)29-18-3-1-2-15(11-18)4-6-19-20-13-28(14-21(19)20)12-16-5-7-22-17(10-16)8-9-27-22/h1-5,7-11,19-21,27H,6,12-14H2. The van der Waals surface area contributed by atoms with Crippen LogP contribution >= 0.6 is 0 Å². The summed E-state index contributed by atoms with van der Waals surface area (Å²) in [6, 6.07) is 14.9. The summed E-state index contributed by atoms with van der Waals surface area (Å²) < 4.78 is 41.1. The molecule has 2 aromatic carbocycles. The molecule has 2 atom stereocenters.